The van der Waals surface area contributed by atoms with Crippen molar-refractivity contribution in [1.29, 1.82) is 0 Å². The second-order valence-corrected chi connectivity index (χ2v) is 6.64. The van der Waals surface area contributed by atoms with Crippen LogP contribution in [0.4, 0.5) is 5.69 Å². The Morgan fingerprint density at radius 2 is 1.79 bits per heavy atom. The van der Waals surface area contributed by atoms with E-state index in [9.17, 15) is 0 Å². The van der Waals surface area contributed by atoms with Gasteiger partial charge in [0, 0.05) is 17.6 Å². The van der Waals surface area contributed by atoms with Crippen LogP contribution < -0.4 is 10.2 Å². The fourth-order valence-corrected chi connectivity index (χ4v) is 3.97. The fourth-order valence-electron chi connectivity index (χ4n) is 3.32. The molecule has 0 aliphatic carbocycles. The molecule has 0 radical (unpaired) electrons. The van der Waals surface area contributed by atoms with Crippen molar-refractivity contribution in [3.8, 4) is 0 Å². The molecule has 0 spiro atoms. The van der Waals surface area contributed by atoms with Crippen LogP contribution in [0.2, 0.25) is 0 Å². The minimum absolute atomic E-state index is 0.743. The SMILES string of the molecule is Brc1cc(C2CCNCC2)ccc1N1CCCCC1. The van der Waals surface area contributed by atoms with Crippen molar-refractivity contribution in [2.45, 2.75) is 38.0 Å². The van der Waals surface area contributed by atoms with Gasteiger partial charge >= 0.3 is 0 Å². The van der Waals surface area contributed by atoms with Gasteiger partial charge in [0.05, 0.1) is 5.69 Å². The molecule has 3 heteroatoms. The number of anilines is 1. The second kappa shape index (κ2) is 6.27. The largest absolute Gasteiger partial charge is 0.371 e. The number of hydrogen-bond donors (Lipinski definition) is 1. The number of halogens is 1. The highest BCUT2D eigenvalue weighted by Gasteiger charge is 2.18. The van der Waals surface area contributed by atoms with Gasteiger partial charge < -0.3 is 10.2 Å². The zero-order valence-corrected chi connectivity index (χ0v) is 13.1. The molecule has 104 valence electrons. The monoisotopic (exact) mass is 322 g/mol. The van der Waals surface area contributed by atoms with Gasteiger partial charge in [-0.1, -0.05) is 6.07 Å². The van der Waals surface area contributed by atoms with Crippen LogP contribution >= 0.6 is 15.9 Å². The molecule has 0 amide bonds. The summed E-state index contributed by atoms with van der Waals surface area (Å²) in [7, 11) is 0. The maximum Gasteiger partial charge on any atom is 0.0510 e. The van der Waals surface area contributed by atoms with E-state index in [0.717, 1.165) is 19.0 Å². The number of benzene rings is 1. The quantitative estimate of drug-likeness (QED) is 0.888. The molecule has 19 heavy (non-hydrogen) atoms. The molecular formula is C16H23BrN2. The van der Waals surface area contributed by atoms with Crippen molar-refractivity contribution < 1.29 is 0 Å². The zero-order valence-electron chi connectivity index (χ0n) is 11.5. The van der Waals surface area contributed by atoms with Crippen molar-refractivity contribution in [2.75, 3.05) is 31.1 Å². The Hall–Kier alpha value is -0.540. The minimum atomic E-state index is 0.743. The van der Waals surface area contributed by atoms with Gasteiger partial charge in [-0.25, -0.2) is 0 Å². The standard InChI is InChI=1S/C16H23BrN2/c17-15-12-14(13-6-8-18-9-7-13)4-5-16(15)19-10-2-1-3-11-19/h4-5,12-13,18H,1-3,6-11H2. The molecule has 2 nitrogen and oxygen atoms in total. The van der Waals surface area contributed by atoms with E-state index in [1.54, 1.807) is 0 Å². The molecule has 0 bridgehead atoms. The fraction of sp³-hybridized carbons (Fsp3) is 0.625. The van der Waals surface area contributed by atoms with Crippen LogP contribution in [0.25, 0.3) is 0 Å². The molecular weight excluding hydrogens is 300 g/mol. The van der Waals surface area contributed by atoms with Gasteiger partial charge in [-0.3, -0.25) is 0 Å². The smallest absolute Gasteiger partial charge is 0.0510 e. The van der Waals surface area contributed by atoms with Crippen LogP contribution in [0.1, 0.15) is 43.6 Å². The third-order valence-corrected chi connectivity index (χ3v) is 5.11. The van der Waals surface area contributed by atoms with E-state index in [0.29, 0.717) is 0 Å². The average molecular weight is 323 g/mol. The first-order valence-corrected chi connectivity index (χ1v) is 8.39. The summed E-state index contributed by atoms with van der Waals surface area (Å²) in [6, 6.07) is 7.04. The average Bonchev–Trinajstić information content (AvgIpc) is 2.49. The summed E-state index contributed by atoms with van der Waals surface area (Å²) in [6.07, 6.45) is 6.61. The molecule has 3 rings (SSSR count). The molecule has 2 heterocycles. The third-order valence-electron chi connectivity index (χ3n) is 4.48. The van der Waals surface area contributed by atoms with Crippen molar-refractivity contribution in [3.63, 3.8) is 0 Å². The van der Waals surface area contributed by atoms with Crippen LogP contribution in [-0.4, -0.2) is 26.2 Å². The summed E-state index contributed by atoms with van der Waals surface area (Å²) in [5.74, 6) is 0.743. The number of hydrogen-bond acceptors (Lipinski definition) is 2. The topological polar surface area (TPSA) is 15.3 Å². The summed E-state index contributed by atoms with van der Waals surface area (Å²) in [5, 5.41) is 3.44. The Morgan fingerprint density at radius 3 is 2.47 bits per heavy atom. The molecule has 0 saturated carbocycles. The molecule has 2 saturated heterocycles. The van der Waals surface area contributed by atoms with Gasteiger partial charge in [-0.05, 0) is 84.7 Å². The Balaban J connectivity index is 1.76. The lowest BCUT2D eigenvalue weighted by atomic mass is 9.90. The van der Waals surface area contributed by atoms with Gasteiger partial charge in [0.15, 0.2) is 0 Å². The molecule has 1 aromatic carbocycles. The van der Waals surface area contributed by atoms with Crippen molar-refractivity contribution >= 4 is 21.6 Å². The van der Waals surface area contributed by atoms with Gasteiger partial charge in [-0.2, -0.15) is 0 Å². The summed E-state index contributed by atoms with van der Waals surface area (Å²) in [5.41, 5.74) is 2.89. The maximum absolute atomic E-state index is 3.79. The summed E-state index contributed by atoms with van der Waals surface area (Å²) in [4.78, 5) is 2.53. The Labute approximate surface area is 124 Å². The summed E-state index contributed by atoms with van der Waals surface area (Å²) < 4.78 is 1.28. The molecule has 1 aromatic rings. The van der Waals surface area contributed by atoms with E-state index >= 15 is 0 Å². The van der Waals surface area contributed by atoms with E-state index in [1.165, 1.54) is 60.9 Å². The highest BCUT2D eigenvalue weighted by atomic mass is 79.9. The number of rotatable bonds is 2. The Kier molecular flexibility index (Phi) is 4.44. The molecule has 2 fully saturated rings. The van der Waals surface area contributed by atoms with Crippen molar-refractivity contribution in [3.05, 3.63) is 28.2 Å². The third kappa shape index (κ3) is 3.14. The van der Waals surface area contributed by atoms with Gasteiger partial charge in [-0.15, -0.1) is 0 Å². The molecule has 1 N–H and O–H groups in total. The zero-order chi connectivity index (χ0) is 13.1. The van der Waals surface area contributed by atoms with Crippen LogP contribution in [0.3, 0.4) is 0 Å². The van der Waals surface area contributed by atoms with Crippen LogP contribution in [0, 0.1) is 0 Å². The normalized spacial score (nSPS) is 21.6. The minimum Gasteiger partial charge on any atom is -0.371 e. The van der Waals surface area contributed by atoms with E-state index < -0.39 is 0 Å². The van der Waals surface area contributed by atoms with E-state index in [-0.39, 0.29) is 0 Å². The predicted octanol–water partition coefficient (Wildman–Crippen LogP) is 3.91. The lowest BCUT2D eigenvalue weighted by molar-refractivity contribution is 0.460. The number of nitrogens with one attached hydrogen (secondary N) is 1. The van der Waals surface area contributed by atoms with Gasteiger partial charge in [0.25, 0.3) is 0 Å². The van der Waals surface area contributed by atoms with E-state index in [1.807, 2.05) is 0 Å². The second-order valence-electron chi connectivity index (χ2n) is 5.78. The van der Waals surface area contributed by atoms with Crippen LogP contribution in [0.5, 0.6) is 0 Å². The summed E-state index contributed by atoms with van der Waals surface area (Å²) >= 11 is 3.79. The lowest BCUT2D eigenvalue weighted by Gasteiger charge is -2.30. The number of piperidine rings is 2. The highest BCUT2D eigenvalue weighted by Crippen LogP contribution is 2.34. The predicted molar refractivity (Wildman–Crippen MR) is 85.1 cm³/mol. The van der Waals surface area contributed by atoms with Crippen LogP contribution in [0.15, 0.2) is 22.7 Å². The Bertz CT molecular complexity index is 421. The van der Waals surface area contributed by atoms with Crippen LogP contribution in [-0.2, 0) is 0 Å². The molecule has 2 aliphatic rings. The first kappa shape index (κ1) is 13.4. The molecule has 0 aromatic heterocycles. The highest BCUT2D eigenvalue weighted by molar-refractivity contribution is 9.10. The van der Waals surface area contributed by atoms with Crippen molar-refractivity contribution in [1.82, 2.24) is 5.32 Å². The molecule has 0 atom stereocenters. The van der Waals surface area contributed by atoms with Crippen molar-refractivity contribution in [2.24, 2.45) is 0 Å². The number of nitrogens with zero attached hydrogens (tertiary/aromatic N) is 1. The van der Waals surface area contributed by atoms with Gasteiger partial charge in [0.1, 0.15) is 0 Å². The van der Waals surface area contributed by atoms with E-state index in [2.05, 4.69) is 44.3 Å². The van der Waals surface area contributed by atoms with E-state index in [4.69, 9.17) is 0 Å². The maximum atomic E-state index is 3.79. The molecule has 0 unspecified atom stereocenters. The summed E-state index contributed by atoms with van der Waals surface area (Å²) in [6.45, 7) is 4.75. The lowest BCUT2D eigenvalue weighted by Crippen LogP contribution is -2.30. The Morgan fingerprint density at radius 1 is 1.05 bits per heavy atom. The van der Waals surface area contributed by atoms with Gasteiger partial charge in [0.2, 0.25) is 0 Å². The first-order chi connectivity index (χ1) is 9.34. The molecule has 2 aliphatic heterocycles. The first-order valence-electron chi connectivity index (χ1n) is 7.60.